The van der Waals surface area contributed by atoms with E-state index >= 15 is 0 Å². The van der Waals surface area contributed by atoms with Crippen LogP contribution >= 0.6 is 0 Å². The normalized spacial score (nSPS) is 23.3. The van der Waals surface area contributed by atoms with Gasteiger partial charge in [-0.15, -0.1) is 0 Å². The van der Waals surface area contributed by atoms with E-state index in [1.165, 1.54) is 0 Å². The Morgan fingerprint density at radius 2 is 2.00 bits per heavy atom. The standard InChI is InChI=1S/C15H20N2O2/c18-15(17-11-6-9-19-10-7-11)13-5-8-16-14-4-2-1-3-12(13)14/h1-4,11,13,16H,5-10H2,(H,17,18). The molecule has 2 aliphatic rings. The summed E-state index contributed by atoms with van der Waals surface area (Å²) in [6.07, 6.45) is 2.72. The summed E-state index contributed by atoms with van der Waals surface area (Å²) in [6.45, 7) is 2.38. The minimum Gasteiger partial charge on any atom is -0.385 e. The maximum atomic E-state index is 12.4. The number of hydrogen-bond acceptors (Lipinski definition) is 3. The van der Waals surface area contributed by atoms with Gasteiger partial charge in [0.05, 0.1) is 5.92 Å². The highest BCUT2D eigenvalue weighted by atomic mass is 16.5. The van der Waals surface area contributed by atoms with Crippen LogP contribution in [0.15, 0.2) is 24.3 Å². The Balaban J connectivity index is 1.70. The van der Waals surface area contributed by atoms with Gasteiger partial charge in [0.1, 0.15) is 0 Å². The number of carbonyl (C=O) groups excluding carboxylic acids is 1. The minimum absolute atomic E-state index is 0.0136. The summed E-state index contributed by atoms with van der Waals surface area (Å²) in [7, 11) is 0. The molecule has 1 atom stereocenters. The molecule has 0 spiro atoms. The van der Waals surface area contributed by atoms with Crippen LogP contribution in [0.2, 0.25) is 0 Å². The van der Waals surface area contributed by atoms with Crippen LogP contribution < -0.4 is 10.6 Å². The lowest BCUT2D eigenvalue weighted by Gasteiger charge is -2.29. The van der Waals surface area contributed by atoms with Crippen molar-refractivity contribution < 1.29 is 9.53 Å². The molecule has 2 aliphatic heterocycles. The molecule has 102 valence electrons. The topological polar surface area (TPSA) is 50.4 Å². The molecule has 1 fully saturated rings. The fourth-order valence-electron chi connectivity index (χ4n) is 2.88. The maximum Gasteiger partial charge on any atom is 0.227 e. The number of rotatable bonds is 2. The third kappa shape index (κ3) is 2.73. The largest absolute Gasteiger partial charge is 0.385 e. The van der Waals surface area contributed by atoms with Crippen molar-refractivity contribution in [2.24, 2.45) is 0 Å². The zero-order valence-corrected chi connectivity index (χ0v) is 11.0. The highest BCUT2D eigenvalue weighted by Crippen LogP contribution is 2.31. The van der Waals surface area contributed by atoms with Crippen LogP contribution in [-0.4, -0.2) is 31.7 Å². The van der Waals surface area contributed by atoms with E-state index in [4.69, 9.17) is 4.74 Å². The molecular weight excluding hydrogens is 240 g/mol. The van der Waals surface area contributed by atoms with Crippen molar-refractivity contribution in [2.45, 2.75) is 31.2 Å². The lowest BCUT2D eigenvalue weighted by atomic mass is 9.90. The Hall–Kier alpha value is -1.55. The molecule has 1 unspecified atom stereocenters. The van der Waals surface area contributed by atoms with Gasteiger partial charge in [0.25, 0.3) is 0 Å². The lowest BCUT2D eigenvalue weighted by Crippen LogP contribution is -2.42. The van der Waals surface area contributed by atoms with Gasteiger partial charge in [0, 0.05) is 31.5 Å². The molecule has 0 bridgehead atoms. The van der Waals surface area contributed by atoms with Crippen molar-refractivity contribution >= 4 is 11.6 Å². The van der Waals surface area contributed by atoms with Gasteiger partial charge in [0.15, 0.2) is 0 Å². The van der Waals surface area contributed by atoms with Crippen molar-refractivity contribution in [2.75, 3.05) is 25.1 Å². The predicted octanol–water partition coefficient (Wildman–Crippen LogP) is 1.88. The summed E-state index contributed by atoms with van der Waals surface area (Å²) in [5.41, 5.74) is 2.22. The molecule has 4 heteroatoms. The van der Waals surface area contributed by atoms with Gasteiger partial charge in [-0.3, -0.25) is 4.79 Å². The van der Waals surface area contributed by atoms with Crippen LogP contribution in [0.25, 0.3) is 0 Å². The molecule has 1 aromatic carbocycles. The number of fused-ring (bicyclic) bond motifs is 1. The molecule has 2 N–H and O–H groups in total. The van der Waals surface area contributed by atoms with Gasteiger partial charge < -0.3 is 15.4 Å². The number of carbonyl (C=O) groups is 1. The zero-order valence-electron chi connectivity index (χ0n) is 11.0. The number of benzene rings is 1. The van der Waals surface area contributed by atoms with Crippen LogP contribution in [0.3, 0.4) is 0 Å². The summed E-state index contributed by atoms with van der Waals surface area (Å²) in [5, 5.41) is 6.53. The Labute approximate surface area is 113 Å². The van der Waals surface area contributed by atoms with Gasteiger partial charge in [-0.1, -0.05) is 18.2 Å². The van der Waals surface area contributed by atoms with E-state index < -0.39 is 0 Å². The third-order valence-electron chi connectivity index (χ3n) is 3.97. The molecular formula is C15H20N2O2. The molecule has 1 amide bonds. The average molecular weight is 260 g/mol. The fraction of sp³-hybridized carbons (Fsp3) is 0.533. The molecule has 0 aromatic heterocycles. The number of anilines is 1. The number of nitrogens with one attached hydrogen (secondary N) is 2. The van der Waals surface area contributed by atoms with Gasteiger partial charge in [0.2, 0.25) is 5.91 Å². The first-order valence-corrected chi connectivity index (χ1v) is 7.05. The second-order valence-corrected chi connectivity index (χ2v) is 5.25. The van der Waals surface area contributed by atoms with Crippen LogP contribution in [0.5, 0.6) is 0 Å². The van der Waals surface area contributed by atoms with Crippen LogP contribution in [0, 0.1) is 0 Å². The molecule has 0 aliphatic carbocycles. The number of para-hydroxylation sites is 1. The maximum absolute atomic E-state index is 12.4. The molecule has 0 saturated carbocycles. The van der Waals surface area contributed by atoms with E-state index in [2.05, 4.69) is 16.7 Å². The van der Waals surface area contributed by atoms with Crippen LogP contribution in [-0.2, 0) is 9.53 Å². The number of hydrogen-bond donors (Lipinski definition) is 2. The van der Waals surface area contributed by atoms with Gasteiger partial charge in [-0.25, -0.2) is 0 Å². The Bertz CT molecular complexity index is 455. The van der Waals surface area contributed by atoms with Crippen LogP contribution in [0.4, 0.5) is 5.69 Å². The van der Waals surface area contributed by atoms with Crippen LogP contribution in [0.1, 0.15) is 30.7 Å². The summed E-state index contributed by atoms with van der Waals surface area (Å²) in [4.78, 5) is 12.4. The third-order valence-corrected chi connectivity index (χ3v) is 3.97. The number of amides is 1. The molecule has 19 heavy (non-hydrogen) atoms. The lowest BCUT2D eigenvalue weighted by molar-refractivity contribution is -0.124. The van der Waals surface area contributed by atoms with Crippen molar-refractivity contribution in [1.29, 1.82) is 0 Å². The van der Waals surface area contributed by atoms with Crippen molar-refractivity contribution in [3.05, 3.63) is 29.8 Å². The zero-order chi connectivity index (χ0) is 13.1. The first-order chi connectivity index (χ1) is 9.34. The quantitative estimate of drug-likeness (QED) is 0.853. The highest BCUT2D eigenvalue weighted by Gasteiger charge is 2.28. The Morgan fingerprint density at radius 3 is 2.84 bits per heavy atom. The number of ether oxygens (including phenoxy) is 1. The van der Waals surface area contributed by atoms with Crippen molar-refractivity contribution in [3.8, 4) is 0 Å². The molecule has 1 aromatic rings. The molecule has 3 rings (SSSR count). The highest BCUT2D eigenvalue weighted by molar-refractivity contribution is 5.86. The van der Waals surface area contributed by atoms with E-state index in [0.717, 1.165) is 50.3 Å². The van der Waals surface area contributed by atoms with E-state index in [9.17, 15) is 4.79 Å². The molecule has 1 saturated heterocycles. The smallest absolute Gasteiger partial charge is 0.227 e. The first kappa shape index (κ1) is 12.5. The van der Waals surface area contributed by atoms with Gasteiger partial charge in [-0.2, -0.15) is 0 Å². The van der Waals surface area contributed by atoms with Gasteiger partial charge >= 0.3 is 0 Å². The van der Waals surface area contributed by atoms with Crippen molar-refractivity contribution in [3.63, 3.8) is 0 Å². The molecule has 2 heterocycles. The van der Waals surface area contributed by atoms with Gasteiger partial charge in [-0.05, 0) is 30.9 Å². The predicted molar refractivity (Wildman–Crippen MR) is 74.3 cm³/mol. The van der Waals surface area contributed by atoms with E-state index in [1.54, 1.807) is 0 Å². The fourth-order valence-corrected chi connectivity index (χ4v) is 2.88. The monoisotopic (exact) mass is 260 g/mol. The Morgan fingerprint density at radius 1 is 1.21 bits per heavy atom. The Kier molecular flexibility index (Phi) is 3.69. The summed E-state index contributed by atoms with van der Waals surface area (Å²) >= 11 is 0. The van der Waals surface area contributed by atoms with E-state index in [-0.39, 0.29) is 17.9 Å². The summed E-state index contributed by atoms with van der Waals surface area (Å²) in [6, 6.07) is 8.38. The average Bonchev–Trinajstić information content (AvgIpc) is 2.47. The van der Waals surface area contributed by atoms with E-state index in [1.807, 2.05) is 18.2 Å². The second kappa shape index (κ2) is 5.61. The van der Waals surface area contributed by atoms with E-state index in [0.29, 0.717) is 0 Å². The van der Waals surface area contributed by atoms with Crippen molar-refractivity contribution in [1.82, 2.24) is 5.32 Å². The first-order valence-electron chi connectivity index (χ1n) is 7.05. The second-order valence-electron chi connectivity index (χ2n) is 5.25. The SMILES string of the molecule is O=C(NC1CCOCC1)C1CCNc2ccccc21. The summed E-state index contributed by atoms with van der Waals surface area (Å²) < 4.78 is 5.32. The molecule has 0 radical (unpaired) electrons. The summed E-state index contributed by atoms with van der Waals surface area (Å²) in [5.74, 6) is 0.154. The minimum atomic E-state index is -0.0136. The molecule has 4 nitrogen and oxygen atoms in total.